The van der Waals surface area contributed by atoms with Gasteiger partial charge in [-0.25, -0.2) is 25.3 Å². The van der Waals surface area contributed by atoms with Gasteiger partial charge in [0.15, 0.2) is 0 Å². The number of sulfonamides is 3. The highest BCUT2D eigenvalue weighted by Gasteiger charge is 2.53. The number of fused-ring (bicyclic) bond motifs is 12. The molecule has 9 heterocycles. The Labute approximate surface area is 605 Å². The lowest BCUT2D eigenvalue weighted by atomic mass is 9.99. The number of benzene rings is 7. The number of methoxy groups -OCH3 is 2. The molecule has 0 atom stereocenters. The van der Waals surface area contributed by atoms with Gasteiger partial charge in [-0.15, -0.1) is 45.3 Å². The van der Waals surface area contributed by atoms with Crippen LogP contribution in [0, 0.1) is 13.5 Å². The second kappa shape index (κ2) is 27.2. The lowest BCUT2D eigenvalue weighted by Gasteiger charge is -2.36. The quantitative estimate of drug-likeness (QED) is 0.109. The summed E-state index contributed by atoms with van der Waals surface area (Å²) in [5.41, 5.74) is 11.4. The zero-order valence-electron chi connectivity index (χ0n) is 50.6. The summed E-state index contributed by atoms with van der Waals surface area (Å²) in [5.74, 6) is 1.39. The van der Waals surface area contributed by atoms with Crippen LogP contribution in [-0.4, -0.2) is 50.4 Å². The van der Waals surface area contributed by atoms with Crippen LogP contribution in [0.4, 0.5) is 31.5 Å². The first-order valence-corrected chi connectivity index (χ1v) is 39.8. The predicted molar refractivity (Wildman–Crippen MR) is 401 cm³/mol. The number of hydrogen-bond acceptors (Lipinski definition) is 13. The van der Waals surface area contributed by atoms with Crippen LogP contribution in [0.25, 0.3) is 42.6 Å². The topological polar surface area (TPSA) is 167 Å². The largest absolute Gasteiger partial charge is 0.497 e. The molecule has 0 unspecified atom stereocenters. The number of nitrogens with zero attached hydrogens (tertiary/aromatic N) is 4. The predicted octanol–water partition coefficient (Wildman–Crippen LogP) is 19.1. The van der Waals surface area contributed by atoms with E-state index in [0.29, 0.717) is 55.1 Å². The van der Waals surface area contributed by atoms with Crippen molar-refractivity contribution in [2.24, 2.45) is 0 Å². The molecule has 5 aromatic heterocycles. The number of rotatable bonds is 9. The SMILES string of the molecule is COc1ccc(C(=O)N2Cc3ccccc3-c3sc(I)cc32)cc1.COc1ccc(S(=O)(=O)N2Cc3ccccc3-c3[nH]c(I)cc32)cc1.Cc1ccc(S(=O)(=O)N2c3cc(Br)sc3-c3ccccc3C2(F)F)cc1.O=S(=O)(c1cccs1)N1Cc2ccccc2-c2sccc21. The molecule has 1 N–H and O–H groups in total. The van der Waals surface area contributed by atoms with Gasteiger partial charge in [0.05, 0.1) is 103 Å². The van der Waals surface area contributed by atoms with E-state index in [2.05, 4.69) is 96.4 Å². The van der Waals surface area contributed by atoms with E-state index in [0.717, 1.165) is 59.2 Å². The number of ether oxygens (including phenoxy) is 2. The Morgan fingerprint density at radius 2 is 1.07 bits per heavy atom. The van der Waals surface area contributed by atoms with Crippen molar-refractivity contribution in [3.05, 3.63) is 261 Å². The molecule has 488 valence electrons. The number of aryl methyl sites for hydroxylation is 1. The molecule has 26 heteroatoms. The number of nitrogens with one attached hydrogen (secondary N) is 1. The molecule has 12 aromatic rings. The van der Waals surface area contributed by atoms with E-state index in [9.17, 15) is 30.0 Å². The smallest absolute Gasteiger partial charge is 0.366 e. The van der Waals surface area contributed by atoms with E-state index in [1.54, 1.807) is 110 Å². The number of aromatic nitrogens is 1. The summed E-state index contributed by atoms with van der Waals surface area (Å²) in [6, 6.07) is 56.8. The van der Waals surface area contributed by atoms with E-state index >= 15 is 8.78 Å². The Morgan fingerprint density at radius 1 is 0.531 bits per heavy atom. The third kappa shape index (κ3) is 12.7. The molecule has 0 radical (unpaired) electrons. The third-order valence-corrected chi connectivity index (χ3v) is 27.9. The maximum atomic E-state index is 15.3. The standard InChI is InChI=1S/C19H14INO2S.C18H12BrF2NO2S2.C18H15IN2O3S.C15H11NO2S3/c1-23-14-8-6-12(7-9-14)19(22)21-11-13-4-2-3-5-15(13)18-16(21)10-17(20)24-18;1-11-6-8-12(9-7-11)26(23,24)22-15-10-16(19)25-17(15)13-4-2-3-5-14(13)18(22,20)21;1-24-13-6-8-14(9-7-13)25(22,23)21-11-12-4-2-3-5-15(12)18-16(21)10-17(19)20-18;17-21(18,14-6-3-8-19-14)16-10-11-4-1-2-5-12(11)15-13(16)7-9-20-15/h2-10H,11H2,1H3;2-10H,1H3;2-10,20H,11H2,1H3;1-9H,10H2. The second-order valence-electron chi connectivity index (χ2n) is 21.9. The monoisotopic (exact) mass is 1700 g/mol. The average Bonchev–Trinajstić information content (AvgIpc) is 1.52. The van der Waals surface area contributed by atoms with Gasteiger partial charge in [-0.05, 0) is 198 Å². The summed E-state index contributed by atoms with van der Waals surface area (Å²) >= 11 is 13.6. The highest BCUT2D eigenvalue weighted by atomic mass is 127. The van der Waals surface area contributed by atoms with Gasteiger partial charge in [-0.1, -0.05) is 121 Å². The van der Waals surface area contributed by atoms with Gasteiger partial charge in [0, 0.05) is 16.7 Å². The van der Waals surface area contributed by atoms with Crippen molar-refractivity contribution in [2.75, 3.05) is 32.0 Å². The number of thiophene rings is 4. The number of hydrogen-bond donors (Lipinski definition) is 1. The Morgan fingerprint density at radius 3 is 1.71 bits per heavy atom. The fourth-order valence-electron chi connectivity index (χ4n) is 11.5. The zero-order valence-corrected chi connectivity index (χ0v) is 62.2. The fraction of sp³-hybridized carbons (Fsp3) is 0.100. The molecule has 0 saturated carbocycles. The van der Waals surface area contributed by atoms with E-state index in [1.165, 1.54) is 80.5 Å². The second-order valence-corrected chi connectivity index (χ2v) is 36.1. The maximum absolute atomic E-state index is 15.3. The van der Waals surface area contributed by atoms with E-state index in [4.69, 9.17) is 9.47 Å². The number of aromatic amines is 1. The molecule has 7 aromatic carbocycles. The Kier molecular flexibility index (Phi) is 19.1. The van der Waals surface area contributed by atoms with Crippen molar-refractivity contribution >= 4 is 165 Å². The number of amides is 1. The van der Waals surface area contributed by atoms with Gasteiger partial charge in [0.1, 0.15) is 15.7 Å². The average molecular weight is 1700 g/mol. The summed E-state index contributed by atoms with van der Waals surface area (Å²) < 4.78 is 126. The van der Waals surface area contributed by atoms with Gasteiger partial charge in [0.2, 0.25) is 0 Å². The van der Waals surface area contributed by atoms with E-state index in [1.807, 2.05) is 95.2 Å². The van der Waals surface area contributed by atoms with Crippen molar-refractivity contribution < 1.29 is 48.3 Å². The Bertz CT molecular complexity index is 5280. The first kappa shape index (κ1) is 67.3. The summed E-state index contributed by atoms with van der Waals surface area (Å²) in [6.45, 7) is 3.10. The van der Waals surface area contributed by atoms with Crippen LogP contribution in [0.3, 0.4) is 0 Å². The Balaban J connectivity index is 0.000000116. The van der Waals surface area contributed by atoms with Crippen molar-refractivity contribution in [1.82, 2.24) is 4.98 Å². The molecule has 14 nitrogen and oxygen atoms in total. The normalized spacial score (nSPS) is 13.8. The van der Waals surface area contributed by atoms with E-state index in [-0.39, 0.29) is 31.3 Å². The number of carbonyl (C=O) groups excluding carboxylic acids is 1. The third-order valence-electron chi connectivity index (χ3n) is 16.2. The molecule has 0 bridgehead atoms. The maximum Gasteiger partial charge on any atom is 0.366 e. The Hall–Kier alpha value is -7.26. The van der Waals surface area contributed by atoms with Crippen LogP contribution in [0.5, 0.6) is 11.5 Å². The summed E-state index contributed by atoms with van der Waals surface area (Å²) in [7, 11) is -8.44. The van der Waals surface area contributed by atoms with Crippen LogP contribution in [0.15, 0.2) is 235 Å². The van der Waals surface area contributed by atoms with Gasteiger partial charge in [-0.2, -0.15) is 13.1 Å². The molecule has 0 aliphatic carbocycles. The summed E-state index contributed by atoms with van der Waals surface area (Å²) in [5, 5.41) is 3.74. The molecule has 0 fully saturated rings. The van der Waals surface area contributed by atoms with Crippen LogP contribution < -0.4 is 27.3 Å². The first-order valence-electron chi connectivity index (χ1n) is 29.2. The van der Waals surface area contributed by atoms with Crippen molar-refractivity contribution in [1.29, 1.82) is 0 Å². The van der Waals surface area contributed by atoms with Crippen LogP contribution in [-0.2, 0) is 55.8 Å². The van der Waals surface area contributed by atoms with Crippen LogP contribution in [0.2, 0.25) is 0 Å². The summed E-state index contributed by atoms with van der Waals surface area (Å²) in [6.07, 6.45) is 0. The van der Waals surface area contributed by atoms with Crippen molar-refractivity contribution in [3.8, 4) is 54.1 Å². The lowest BCUT2D eigenvalue weighted by molar-refractivity contribution is 0.00905. The number of alkyl halides is 2. The van der Waals surface area contributed by atoms with Gasteiger partial charge >= 0.3 is 6.05 Å². The minimum absolute atomic E-state index is 0.0163. The lowest BCUT2D eigenvalue weighted by Crippen LogP contribution is -2.46. The number of halogens is 5. The molecule has 16 rings (SSSR count). The van der Waals surface area contributed by atoms with Gasteiger partial charge in [0.25, 0.3) is 36.0 Å². The number of anilines is 4. The zero-order chi connectivity index (χ0) is 67.4. The number of H-pyrrole nitrogens is 1. The molecule has 96 heavy (non-hydrogen) atoms. The summed E-state index contributed by atoms with van der Waals surface area (Å²) in [4.78, 5) is 21.0. The van der Waals surface area contributed by atoms with Gasteiger partial charge < -0.3 is 19.4 Å². The molecular weight excluding hydrogens is 1650 g/mol. The minimum Gasteiger partial charge on any atom is -0.497 e. The molecule has 4 aliphatic rings. The molecule has 4 aliphatic heterocycles. The molecule has 0 spiro atoms. The van der Waals surface area contributed by atoms with E-state index < -0.39 is 36.1 Å². The molecule has 0 saturated heterocycles. The molecular formula is C70H52BrF2I2N5O9S7. The highest BCUT2D eigenvalue weighted by Crippen LogP contribution is 2.56. The van der Waals surface area contributed by atoms with Crippen LogP contribution >= 0.6 is 106 Å². The van der Waals surface area contributed by atoms with Gasteiger partial charge in [-0.3, -0.25) is 13.4 Å². The fourth-order valence-corrected chi connectivity index (χ4v) is 22.2. The minimum atomic E-state index is -4.46. The number of carbonyl (C=O) groups is 1. The molecule has 1 amide bonds. The highest BCUT2D eigenvalue weighted by molar-refractivity contribution is 14.1. The van der Waals surface area contributed by atoms with Crippen molar-refractivity contribution in [3.63, 3.8) is 0 Å². The van der Waals surface area contributed by atoms with Crippen molar-refractivity contribution in [2.45, 2.75) is 46.6 Å². The first-order chi connectivity index (χ1) is 46.1. The van der Waals surface area contributed by atoms with Crippen LogP contribution in [0.1, 0.15) is 38.2 Å².